The van der Waals surface area contributed by atoms with Crippen LogP contribution >= 0.6 is 0 Å². The van der Waals surface area contributed by atoms with Crippen LogP contribution < -0.4 is 10.6 Å². The first-order chi connectivity index (χ1) is 15.4. The van der Waals surface area contributed by atoms with E-state index in [1.807, 2.05) is 68.5 Å². The number of hydrogen-bond donors (Lipinski definition) is 3. The summed E-state index contributed by atoms with van der Waals surface area (Å²) >= 11 is 0. The lowest BCUT2D eigenvalue weighted by Crippen LogP contribution is -2.48. The van der Waals surface area contributed by atoms with E-state index in [0.29, 0.717) is 13.0 Å². The van der Waals surface area contributed by atoms with E-state index < -0.39 is 30.4 Å². The minimum Gasteiger partial charge on any atom is -0.481 e. The Morgan fingerprint density at radius 1 is 1.03 bits per heavy atom. The number of nitrogens with one attached hydrogen (secondary N) is 2. The van der Waals surface area contributed by atoms with E-state index in [4.69, 9.17) is 9.84 Å². The lowest BCUT2D eigenvalue weighted by Gasteiger charge is -2.18. The first-order valence-corrected chi connectivity index (χ1v) is 10.6. The molecule has 2 aromatic carbocycles. The normalized spacial score (nSPS) is 12.8. The zero-order valence-corrected chi connectivity index (χ0v) is 18.3. The number of hydrogen-bond acceptors (Lipinski definition) is 4. The van der Waals surface area contributed by atoms with Gasteiger partial charge >= 0.3 is 12.1 Å². The number of benzene rings is 2. The van der Waals surface area contributed by atoms with Crippen molar-refractivity contribution < 1.29 is 24.2 Å². The number of carboxylic acids is 1. The van der Waals surface area contributed by atoms with E-state index >= 15 is 0 Å². The third-order valence-corrected chi connectivity index (χ3v) is 5.33. The average molecular weight is 437 g/mol. The van der Waals surface area contributed by atoms with Crippen molar-refractivity contribution in [2.45, 2.75) is 38.6 Å². The molecule has 0 fully saturated rings. The summed E-state index contributed by atoms with van der Waals surface area (Å²) in [5.41, 5.74) is 5.48. The van der Waals surface area contributed by atoms with Crippen molar-refractivity contribution in [1.29, 1.82) is 0 Å². The molecule has 168 valence electrons. The summed E-state index contributed by atoms with van der Waals surface area (Å²) in [5.74, 6) is -1.86. The van der Waals surface area contributed by atoms with Crippen LogP contribution in [-0.4, -0.2) is 42.3 Å². The van der Waals surface area contributed by atoms with E-state index in [0.717, 1.165) is 27.8 Å². The number of amides is 2. The average Bonchev–Trinajstić information content (AvgIpc) is 3.08. The molecule has 1 unspecified atom stereocenters. The van der Waals surface area contributed by atoms with Crippen molar-refractivity contribution in [2.75, 3.05) is 13.2 Å². The van der Waals surface area contributed by atoms with Gasteiger partial charge in [-0.25, -0.2) is 4.79 Å². The number of carbonyl (C=O) groups is 3. The SMILES string of the molecule is CC(C)=CCCNC(=O)C(CC(=O)O)NC(=O)OCC1c2ccccc2-c2ccccc21. The fourth-order valence-corrected chi connectivity index (χ4v) is 3.85. The van der Waals surface area contributed by atoms with Gasteiger partial charge in [0.25, 0.3) is 0 Å². The van der Waals surface area contributed by atoms with E-state index in [1.54, 1.807) is 0 Å². The topological polar surface area (TPSA) is 105 Å². The van der Waals surface area contributed by atoms with Crippen molar-refractivity contribution >= 4 is 18.0 Å². The van der Waals surface area contributed by atoms with Gasteiger partial charge < -0.3 is 20.5 Å². The third kappa shape index (κ3) is 5.75. The Morgan fingerprint density at radius 2 is 1.62 bits per heavy atom. The third-order valence-electron chi connectivity index (χ3n) is 5.33. The fourth-order valence-electron chi connectivity index (χ4n) is 3.85. The summed E-state index contributed by atoms with van der Waals surface area (Å²) in [7, 11) is 0. The Morgan fingerprint density at radius 3 is 2.19 bits per heavy atom. The maximum Gasteiger partial charge on any atom is 0.407 e. The number of carbonyl (C=O) groups excluding carboxylic acids is 2. The quantitative estimate of drug-likeness (QED) is 0.409. The van der Waals surface area contributed by atoms with Crippen LogP contribution in [0, 0.1) is 0 Å². The van der Waals surface area contributed by atoms with Gasteiger partial charge in [-0.2, -0.15) is 0 Å². The molecule has 0 bridgehead atoms. The highest BCUT2D eigenvalue weighted by atomic mass is 16.5. The van der Waals surface area contributed by atoms with Crippen LogP contribution in [0.15, 0.2) is 60.2 Å². The summed E-state index contributed by atoms with van der Waals surface area (Å²) in [6.45, 7) is 4.34. The van der Waals surface area contributed by atoms with E-state index in [9.17, 15) is 14.4 Å². The predicted molar refractivity (Wildman–Crippen MR) is 121 cm³/mol. The summed E-state index contributed by atoms with van der Waals surface area (Å²) < 4.78 is 5.43. The molecule has 0 saturated heterocycles. The highest BCUT2D eigenvalue weighted by Crippen LogP contribution is 2.44. The van der Waals surface area contributed by atoms with Gasteiger partial charge in [0.1, 0.15) is 12.6 Å². The smallest absolute Gasteiger partial charge is 0.407 e. The Hall–Kier alpha value is -3.61. The number of aliphatic carboxylic acids is 1. The Labute approximate surface area is 187 Å². The molecule has 32 heavy (non-hydrogen) atoms. The molecule has 0 radical (unpaired) electrons. The molecular formula is C25H28N2O5. The molecule has 2 aromatic rings. The lowest BCUT2D eigenvalue weighted by molar-refractivity contribution is -0.139. The van der Waals surface area contributed by atoms with Crippen LogP contribution in [0.3, 0.4) is 0 Å². The number of ether oxygens (including phenoxy) is 1. The van der Waals surface area contributed by atoms with Gasteiger partial charge in [-0.1, -0.05) is 60.2 Å². The largest absolute Gasteiger partial charge is 0.481 e. The highest BCUT2D eigenvalue weighted by Gasteiger charge is 2.30. The standard InChI is InChI=1S/C25H28N2O5/c1-16(2)8-7-13-26-24(30)22(14-23(28)29)27-25(31)32-15-21-19-11-5-3-9-17(19)18-10-4-6-12-20(18)21/h3-6,8-12,21-22H,7,13-15H2,1-2H3,(H,26,30)(H,27,31)(H,28,29). The van der Waals surface area contributed by atoms with Gasteiger partial charge in [-0.05, 0) is 42.5 Å². The minimum absolute atomic E-state index is 0.0852. The molecule has 2 amide bonds. The number of fused-ring (bicyclic) bond motifs is 3. The molecule has 0 heterocycles. The Kier molecular flexibility index (Phi) is 7.65. The van der Waals surface area contributed by atoms with Gasteiger partial charge in [0, 0.05) is 12.5 Å². The molecule has 0 spiro atoms. The highest BCUT2D eigenvalue weighted by molar-refractivity contribution is 5.89. The molecule has 0 aliphatic heterocycles. The maximum atomic E-state index is 12.4. The van der Waals surface area contributed by atoms with E-state index in [2.05, 4.69) is 10.6 Å². The van der Waals surface area contributed by atoms with Crippen LogP contribution in [-0.2, 0) is 14.3 Å². The molecule has 1 aliphatic carbocycles. The van der Waals surface area contributed by atoms with Gasteiger partial charge in [-0.3, -0.25) is 9.59 Å². The Bertz CT molecular complexity index is 981. The zero-order chi connectivity index (χ0) is 23.1. The van der Waals surface area contributed by atoms with Crippen LogP contribution in [0.2, 0.25) is 0 Å². The van der Waals surface area contributed by atoms with Crippen molar-refractivity contribution in [3.8, 4) is 11.1 Å². The summed E-state index contributed by atoms with van der Waals surface area (Å²) in [6, 6.07) is 14.7. The van der Waals surface area contributed by atoms with Crippen molar-refractivity contribution in [1.82, 2.24) is 10.6 Å². The predicted octanol–water partition coefficient (Wildman–Crippen LogP) is 3.84. The molecule has 3 rings (SSSR count). The number of alkyl carbamates (subject to hydrolysis) is 1. The summed E-state index contributed by atoms with van der Waals surface area (Å²) in [5, 5.41) is 14.2. The second-order valence-corrected chi connectivity index (χ2v) is 7.98. The first-order valence-electron chi connectivity index (χ1n) is 10.6. The van der Waals surface area contributed by atoms with Crippen LogP contribution in [0.4, 0.5) is 4.79 Å². The minimum atomic E-state index is -1.21. The molecule has 7 nitrogen and oxygen atoms in total. The lowest BCUT2D eigenvalue weighted by atomic mass is 9.98. The molecular weight excluding hydrogens is 408 g/mol. The van der Waals surface area contributed by atoms with Crippen LogP contribution in [0.5, 0.6) is 0 Å². The molecule has 7 heteroatoms. The maximum absolute atomic E-state index is 12.4. The molecule has 1 aliphatic rings. The zero-order valence-electron chi connectivity index (χ0n) is 18.3. The monoisotopic (exact) mass is 436 g/mol. The van der Waals surface area contributed by atoms with Gasteiger partial charge in [0.15, 0.2) is 0 Å². The molecule has 0 saturated carbocycles. The van der Waals surface area contributed by atoms with Gasteiger partial charge in [-0.15, -0.1) is 0 Å². The molecule has 3 N–H and O–H groups in total. The summed E-state index contributed by atoms with van der Waals surface area (Å²) in [6.07, 6.45) is 1.24. The molecule has 1 atom stereocenters. The fraction of sp³-hybridized carbons (Fsp3) is 0.320. The molecule has 0 aromatic heterocycles. The number of rotatable bonds is 9. The second-order valence-electron chi connectivity index (χ2n) is 7.98. The van der Waals surface area contributed by atoms with Gasteiger partial charge in [0.2, 0.25) is 5.91 Å². The van der Waals surface area contributed by atoms with Gasteiger partial charge in [0.05, 0.1) is 6.42 Å². The summed E-state index contributed by atoms with van der Waals surface area (Å²) in [4.78, 5) is 36.0. The van der Waals surface area contributed by atoms with E-state index in [-0.39, 0.29) is 12.5 Å². The second kappa shape index (κ2) is 10.6. The number of allylic oxidation sites excluding steroid dienone is 1. The number of carboxylic acid groups (broad SMARTS) is 1. The van der Waals surface area contributed by atoms with Crippen LogP contribution in [0.25, 0.3) is 11.1 Å². The van der Waals surface area contributed by atoms with Crippen molar-refractivity contribution in [3.05, 3.63) is 71.3 Å². The van der Waals surface area contributed by atoms with Crippen molar-refractivity contribution in [2.24, 2.45) is 0 Å². The first kappa shape index (κ1) is 23.1. The van der Waals surface area contributed by atoms with E-state index in [1.165, 1.54) is 0 Å². The van der Waals surface area contributed by atoms with Crippen molar-refractivity contribution in [3.63, 3.8) is 0 Å². The van der Waals surface area contributed by atoms with Crippen LogP contribution in [0.1, 0.15) is 43.7 Å². The Balaban J connectivity index is 1.61.